The quantitative estimate of drug-likeness (QED) is 0.808. The summed E-state index contributed by atoms with van der Waals surface area (Å²) in [7, 11) is 0. The molecule has 0 saturated carbocycles. The summed E-state index contributed by atoms with van der Waals surface area (Å²) in [5, 5.41) is 11.8. The number of hydrogen-bond donors (Lipinski definition) is 2. The molecule has 1 heterocycles. The zero-order chi connectivity index (χ0) is 18.6. The van der Waals surface area contributed by atoms with Crippen molar-refractivity contribution in [1.82, 2.24) is 0 Å². The average molecular weight is 356 g/mol. The number of phenols is 1. The van der Waals surface area contributed by atoms with Crippen LogP contribution in [-0.4, -0.2) is 29.8 Å². The Morgan fingerprint density at radius 3 is 2.42 bits per heavy atom. The zero-order valence-corrected chi connectivity index (χ0v) is 15.3. The Hall–Kier alpha value is -2.53. The smallest absolute Gasteiger partial charge is 0.338 e. The molecule has 0 atom stereocenters. The topological polar surface area (TPSA) is 72.4 Å². The number of hydrogen-bond acceptors (Lipinski definition) is 4. The van der Waals surface area contributed by atoms with Crippen molar-refractivity contribution in [3.05, 3.63) is 54.1 Å². The van der Waals surface area contributed by atoms with Gasteiger partial charge in [-0.2, -0.15) is 0 Å². The van der Waals surface area contributed by atoms with E-state index in [-0.39, 0.29) is 11.7 Å². The Morgan fingerprint density at radius 1 is 1.08 bits per heavy atom. The van der Waals surface area contributed by atoms with E-state index in [4.69, 9.17) is 9.47 Å². The molecule has 0 aromatic heterocycles. The van der Waals surface area contributed by atoms with E-state index in [0.717, 1.165) is 25.9 Å². The van der Waals surface area contributed by atoms with Crippen LogP contribution in [-0.2, 0) is 4.74 Å². The molecular formula is C21H26NO4+. The van der Waals surface area contributed by atoms with Gasteiger partial charge in [0.05, 0.1) is 18.7 Å². The maximum Gasteiger partial charge on any atom is 0.338 e. The summed E-state index contributed by atoms with van der Waals surface area (Å²) >= 11 is 0. The Kier molecular flexibility index (Phi) is 5.47. The molecule has 5 heteroatoms. The van der Waals surface area contributed by atoms with Crippen LogP contribution in [0.5, 0.6) is 17.2 Å². The first-order valence-electron chi connectivity index (χ1n) is 9.06. The van der Waals surface area contributed by atoms with E-state index in [0.29, 0.717) is 23.0 Å². The number of nitrogens with two attached hydrogens (primary N) is 1. The molecule has 1 saturated heterocycles. The molecule has 2 aromatic carbocycles. The summed E-state index contributed by atoms with van der Waals surface area (Å²) in [6.45, 7) is 6.18. The third kappa shape index (κ3) is 4.55. The van der Waals surface area contributed by atoms with Gasteiger partial charge in [0.15, 0.2) is 0 Å². The van der Waals surface area contributed by atoms with Crippen LogP contribution in [0.3, 0.4) is 0 Å². The van der Waals surface area contributed by atoms with Crippen molar-refractivity contribution < 1.29 is 24.7 Å². The highest BCUT2D eigenvalue weighted by atomic mass is 16.6. The van der Waals surface area contributed by atoms with Gasteiger partial charge in [-0.25, -0.2) is 4.79 Å². The molecule has 2 aromatic rings. The lowest BCUT2D eigenvalue weighted by Crippen LogP contribution is -2.86. The second-order valence-electron chi connectivity index (χ2n) is 7.26. The number of ether oxygens (including phenoxy) is 2. The van der Waals surface area contributed by atoms with E-state index >= 15 is 0 Å². The molecule has 3 rings (SSSR count). The second-order valence-corrected chi connectivity index (χ2v) is 7.26. The Labute approximate surface area is 153 Å². The largest absolute Gasteiger partial charge is 0.508 e. The van der Waals surface area contributed by atoms with Crippen LogP contribution in [0.15, 0.2) is 48.5 Å². The molecule has 1 fully saturated rings. The fourth-order valence-electron chi connectivity index (χ4n) is 3.35. The Morgan fingerprint density at radius 2 is 1.77 bits per heavy atom. The molecular weight excluding hydrogens is 330 g/mol. The van der Waals surface area contributed by atoms with Gasteiger partial charge in [-0.15, -0.1) is 0 Å². The summed E-state index contributed by atoms with van der Waals surface area (Å²) in [6, 6.07) is 13.4. The van der Waals surface area contributed by atoms with Crippen molar-refractivity contribution in [1.29, 1.82) is 0 Å². The summed E-state index contributed by atoms with van der Waals surface area (Å²) in [6.07, 6.45) is 2.13. The molecule has 1 aliphatic rings. The fourth-order valence-corrected chi connectivity index (χ4v) is 3.35. The highest BCUT2D eigenvalue weighted by Crippen LogP contribution is 2.29. The third-order valence-corrected chi connectivity index (χ3v) is 4.92. The summed E-state index contributed by atoms with van der Waals surface area (Å²) in [4.78, 5) is 12.5. The molecule has 0 bridgehead atoms. The molecule has 0 amide bonds. The average Bonchev–Trinajstić information content (AvgIpc) is 2.63. The minimum absolute atomic E-state index is 0.144. The van der Waals surface area contributed by atoms with Gasteiger partial charge in [-0.05, 0) is 50.2 Å². The first-order valence-corrected chi connectivity index (χ1v) is 9.06. The van der Waals surface area contributed by atoms with Gasteiger partial charge >= 0.3 is 5.97 Å². The normalized spacial score (nSPS) is 15.5. The molecule has 5 nitrogen and oxygen atoms in total. The van der Waals surface area contributed by atoms with Crippen molar-refractivity contribution >= 4 is 5.97 Å². The predicted molar refractivity (Wildman–Crippen MR) is 98.5 cm³/mol. The monoisotopic (exact) mass is 356 g/mol. The number of rotatable bonds is 5. The van der Waals surface area contributed by atoms with E-state index in [1.807, 2.05) is 13.8 Å². The highest BCUT2D eigenvalue weighted by Gasteiger charge is 2.35. The summed E-state index contributed by atoms with van der Waals surface area (Å²) < 4.78 is 11.5. The second kappa shape index (κ2) is 7.79. The SMILES string of the molecule is CC(C)(OC(=O)c1ccc(Oc2cccc(O)c2)cc1)C1CC[NH2+]CC1. The maximum absolute atomic E-state index is 12.5. The molecule has 138 valence electrons. The van der Waals surface area contributed by atoms with E-state index in [2.05, 4.69) is 5.32 Å². The van der Waals surface area contributed by atoms with Crippen molar-refractivity contribution in [3.63, 3.8) is 0 Å². The minimum atomic E-state index is -0.470. The van der Waals surface area contributed by atoms with Gasteiger partial charge in [0.2, 0.25) is 0 Å². The van der Waals surface area contributed by atoms with E-state index in [9.17, 15) is 9.90 Å². The van der Waals surface area contributed by atoms with Crippen molar-refractivity contribution in [2.75, 3.05) is 13.1 Å². The van der Waals surface area contributed by atoms with E-state index < -0.39 is 5.60 Å². The van der Waals surface area contributed by atoms with Crippen LogP contribution in [0.25, 0.3) is 0 Å². The number of esters is 1. The van der Waals surface area contributed by atoms with Crippen LogP contribution < -0.4 is 10.1 Å². The number of quaternary nitrogens is 1. The summed E-state index contributed by atoms with van der Waals surface area (Å²) in [5.74, 6) is 1.35. The van der Waals surface area contributed by atoms with Gasteiger partial charge in [0.25, 0.3) is 0 Å². The lowest BCUT2D eigenvalue weighted by atomic mass is 9.83. The first kappa shape index (κ1) is 18.3. The van der Waals surface area contributed by atoms with Gasteiger partial charge in [-0.3, -0.25) is 0 Å². The van der Waals surface area contributed by atoms with Crippen LogP contribution >= 0.6 is 0 Å². The van der Waals surface area contributed by atoms with Crippen molar-refractivity contribution in [3.8, 4) is 17.2 Å². The van der Waals surface area contributed by atoms with Gasteiger partial charge < -0.3 is 19.9 Å². The lowest BCUT2D eigenvalue weighted by molar-refractivity contribution is -0.665. The van der Waals surface area contributed by atoms with E-state index in [1.54, 1.807) is 42.5 Å². The molecule has 0 spiro atoms. The first-order chi connectivity index (χ1) is 12.4. The lowest BCUT2D eigenvalue weighted by Gasteiger charge is -2.35. The van der Waals surface area contributed by atoms with Crippen molar-refractivity contribution in [2.45, 2.75) is 32.3 Å². The van der Waals surface area contributed by atoms with Crippen LogP contribution in [0.1, 0.15) is 37.0 Å². The maximum atomic E-state index is 12.5. The standard InChI is InChI=1S/C21H25NO4/c1-21(2,16-10-12-22-13-11-16)26-20(24)15-6-8-18(9-7-15)25-19-5-3-4-17(23)14-19/h3-9,14,16,22-23H,10-13H2,1-2H3/p+1. The molecule has 0 aliphatic carbocycles. The summed E-state index contributed by atoms with van der Waals surface area (Å²) in [5.41, 5.74) is 0.0333. The molecule has 0 radical (unpaired) electrons. The van der Waals surface area contributed by atoms with E-state index in [1.165, 1.54) is 6.07 Å². The zero-order valence-electron chi connectivity index (χ0n) is 15.3. The van der Waals surface area contributed by atoms with Gasteiger partial charge in [0.1, 0.15) is 22.8 Å². The number of carbonyl (C=O) groups excluding carboxylic acids is 1. The minimum Gasteiger partial charge on any atom is -0.508 e. The van der Waals surface area contributed by atoms with Crippen molar-refractivity contribution in [2.24, 2.45) is 5.92 Å². The highest BCUT2D eigenvalue weighted by molar-refractivity contribution is 5.89. The molecule has 3 N–H and O–H groups in total. The van der Waals surface area contributed by atoms with Gasteiger partial charge in [-0.1, -0.05) is 6.07 Å². The van der Waals surface area contributed by atoms with Crippen LogP contribution in [0, 0.1) is 5.92 Å². The Balaban J connectivity index is 1.63. The third-order valence-electron chi connectivity index (χ3n) is 4.92. The number of piperidine rings is 1. The number of carbonyl (C=O) groups is 1. The molecule has 0 unspecified atom stereocenters. The van der Waals surface area contributed by atoms with Gasteiger partial charge in [0, 0.05) is 24.8 Å². The number of benzene rings is 2. The van der Waals surface area contributed by atoms with Crippen LogP contribution in [0.2, 0.25) is 0 Å². The number of phenolic OH excluding ortho intramolecular Hbond substituents is 1. The fraction of sp³-hybridized carbons (Fsp3) is 0.381. The molecule has 26 heavy (non-hydrogen) atoms. The van der Waals surface area contributed by atoms with Crippen LogP contribution in [0.4, 0.5) is 0 Å². The Bertz CT molecular complexity index is 749. The predicted octanol–water partition coefficient (Wildman–Crippen LogP) is 3.09. The molecule has 1 aliphatic heterocycles. The number of aromatic hydroxyl groups is 1.